The van der Waals surface area contributed by atoms with Gasteiger partial charge >= 0.3 is 5.97 Å². The lowest BCUT2D eigenvalue weighted by Gasteiger charge is -2.39. The second-order valence-corrected chi connectivity index (χ2v) is 5.70. The first-order valence-corrected chi connectivity index (χ1v) is 6.80. The summed E-state index contributed by atoms with van der Waals surface area (Å²) < 4.78 is 0. The molecular formula is C15H22N2O2. The van der Waals surface area contributed by atoms with Gasteiger partial charge in [0.15, 0.2) is 0 Å². The molecule has 2 rings (SSSR count). The SMILES string of the molecule is CC(C)c1ccccc1N1CCCC(N)(C(=O)O)C1. The van der Waals surface area contributed by atoms with Crippen molar-refractivity contribution in [1.29, 1.82) is 0 Å². The number of hydrogen-bond donors (Lipinski definition) is 2. The normalized spacial score (nSPS) is 23.7. The van der Waals surface area contributed by atoms with Gasteiger partial charge in [-0.05, 0) is 30.4 Å². The Kier molecular flexibility index (Phi) is 3.80. The van der Waals surface area contributed by atoms with Crippen molar-refractivity contribution >= 4 is 11.7 Å². The van der Waals surface area contributed by atoms with Crippen LogP contribution < -0.4 is 10.6 Å². The minimum atomic E-state index is -1.12. The molecule has 104 valence electrons. The first-order chi connectivity index (χ1) is 8.94. The minimum absolute atomic E-state index is 0.381. The lowest BCUT2D eigenvalue weighted by molar-refractivity contribution is -0.143. The van der Waals surface area contributed by atoms with Crippen LogP contribution in [-0.4, -0.2) is 29.7 Å². The molecule has 19 heavy (non-hydrogen) atoms. The van der Waals surface area contributed by atoms with Gasteiger partial charge in [0.25, 0.3) is 0 Å². The zero-order chi connectivity index (χ0) is 14.0. The topological polar surface area (TPSA) is 66.6 Å². The maximum absolute atomic E-state index is 11.3. The van der Waals surface area contributed by atoms with Crippen LogP contribution in [0.3, 0.4) is 0 Å². The number of carboxylic acids is 1. The monoisotopic (exact) mass is 262 g/mol. The van der Waals surface area contributed by atoms with E-state index in [-0.39, 0.29) is 0 Å². The van der Waals surface area contributed by atoms with Crippen molar-refractivity contribution in [3.8, 4) is 0 Å². The van der Waals surface area contributed by atoms with Crippen molar-refractivity contribution in [1.82, 2.24) is 0 Å². The Morgan fingerprint density at radius 3 is 2.74 bits per heavy atom. The van der Waals surface area contributed by atoms with Gasteiger partial charge < -0.3 is 15.7 Å². The van der Waals surface area contributed by atoms with Crippen LogP contribution in [0.2, 0.25) is 0 Å². The van der Waals surface area contributed by atoms with Crippen LogP contribution in [0.15, 0.2) is 24.3 Å². The molecule has 4 heteroatoms. The highest BCUT2D eigenvalue weighted by Gasteiger charge is 2.39. The fourth-order valence-corrected chi connectivity index (χ4v) is 2.73. The van der Waals surface area contributed by atoms with Gasteiger partial charge in [-0.3, -0.25) is 4.79 Å². The van der Waals surface area contributed by atoms with Gasteiger partial charge in [0, 0.05) is 18.8 Å². The molecule has 0 aromatic heterocycles. The number of nitrogens with two attached hydrogens (primary N) is 1. The van der Waals surface area contributed by atoms with Crippen molar-refractivity contribution in [3.05, 3.63) is 29.8 Å². The predicted octanol–water partition coefficient (Wildman–Crippen LogP) is 2.19. The molecule has 0 spiro atoms. The fraction of sp³-hybridized carbons (Fsp3) is 0.533. The van der Waals surface area contributed by atoms with Gasteiger partial charge in [0.2, 0.25) is 0 Å². The smallest absolute Gasteiger partial charge is 0.325 e. The molecule has 0 amide bonds. The number of para-hydroxylation sites is 1. The summed E-state index contributed by atoms with van der Waals surface area (Å²) in [5, 5.41) is 9.29. The molecular weight excluding hydrogens is 240 g/mol. The van der Waals surface area contributed by atoms with Crippen molar-refractivity contribution in [3.63, 3.8) is 0 Å². The molecule has 1 saturated heterocycles. The highest BCUT2D eigenvalue weighted by molar-refractivity contribution is 5.80. The number of carboxylic acid groups (broad SMARTS) is 1. The summed E-state index contributed by atoms with van der Waals surface area (Å²) in [5.41, 5.74) is 7.26. The Labute approximate surface area is 114 Å². The maximum atomic E-state index is 11.3. The van der Waals surface area contributed by atoms with Crippen LogP contribution in [0.25, 0.3) is 0 Å². The largest absolute Gasteiger partial charge is 0.480 e. The second kappa shape index (κ2) is 5.21. The summed E-state index contributed by atoms with van der Waals surface area (Å²) in [4.78, 5) is 13.4. The standard InChI is InChI=1S/C15H22N2O2/c1-11(2)12-6-3-4-7-13(12)17-9-5-8-15(16,10-17)14(18)19/h3-4,6-7,11H,5,8-10,16H2,1-2H3,(H,18,19). The fourth-order valence-electron chi connectivity index (χ4n) is 2.73. The third-order valence-corrected chi connectivity index (χ3v) is 3.85. The molecule has 1 aliphatic rings. The Bertz CT molecular complexity index is 473. The molecule has 4 nitrogen and oxygen atoms in total. The summed E-state index contributed by atoms with van der Waals surface area (Å²) in [5.74, 6) is -0.491. The van der Waals surface area contributed by atoms with Crippen LogP contribution in [0.4, 0.5) is 5.69 Å². The predicted molar refractivity (Wildman–Crippen MR) is 76.5 cm³/mol. The third-order valence-electron chi connectivity index (χ3n) is 3.85. The third kappa shape index (κ3) is 2.73. The number of rotatable bonds is 3. The van der Waals surface area contributed by atoms with Gasteiger partial charge in [-0.2, -0.15) is 0 Å². The van der Waals surface area contributed by atoms with Crippen molar-refractivity contribution in [2.75, 3.05) is 18.0 Å². The molecule has 1 atom stereocenters. The van der Waals surface area contributed by atoms with Crippen LogP contribution in [0, 0.1) is 0 Å². The summed E-state index contributed by atoms with van der Waals surface area (Å²) in [6.07, 6.45) is 1.36. The number of anilines is 1. The number of aliphatic carboxylic acids is 1. The molecule has 1 unspecified atom stereocenters. The van der Waals surface area contributed by atoms with Crippen molar-refractivity contribution < 1.29 is 9.90 Å². The average Bonchev–Trinajstić information content (AvgIpc) is 2.38. The first-order valence-electron chi connectivity index (χ1n) is 6.80. The number of carbonyl (C=O) groups is 1. The van der Waals surface area contributed by atoms with E-state index in [1.54, 1.807) is 0 Å². The van der Waals surface area contributed by atoms with Gasteiger partial charge in [0.05, 0.1) is 0 Å². The summed E-state index contributed by atoms with van der Waals surface area (Å²) >= 11 is 0. The molecule has 0 bridgehead atoms. The first kappa shape index (κ1) is 13.9. The maximum Gasteiger partial charge on any atom is 0.325 e. The van der Waals surface area contributed by atoms with E-state index >= 15 is 0 Å². The molecule has 0 saturated carbocycles. The van der Waals surface area contributed by atoms with Gasteiger partial charge in [-0.25, -0.2) is 0 Å². The molecule has 1 aromatic rings. The quantitative estimate of drug-likeness (QED) is 0.876. The van der Waals surface area contributed by atoms with Gasteiger partial charge in [0.1, 0.15) is 5.54 Å². The number of piperidine rings is 1. The Morgan fingerprint density at radius 2 is 2.11 bits per heavy atom. The highest BCUT2D eigenvalue weighted by atomic mass is 16.4. The summed E-state index contributed by atoms with van der Waals surface area (Å²) in [6, 6.07) is 8.18. The van der Waals surface area contributed by atoms with Crippen LogP contribution in [0.1, 0.15) is 38.2 Å². The number of hydrogen-bond acceptors (Lipinski definition) is 3. The number of benzene rings is 1. The lowest BCUT2D eigenvalue weighted by Crippen LogP contribution is -2.59. The second-order valence-electron chi connectivity index (χ2n) is 5.70. The Morgan fingerprint density at radius 1 is 1.42 bits per heavy atom. The van der Waals surface area contributed by atoms with Crippen LogP contribution in [0.5, 0.6) is 0 Å². The minimum Gasteiger partial charge on any atom is -0.480 e. The van der Waals surface area contributed by atoms with E-state index < -0.39 is 11.5 Å². The van der Waals surface area contributed by atoms with Crippen LogP contribution >= 0.6 is 0 Å². The average molecular weight is 262 g/mol. The molecule has 1 aliphatic heterocycles. The van der Waals surface area contributed by atoms with E-state index in [0.29, 0.717) is 18.9 Å². The number of nitrogens with zero attached hydrogens (tertiary/aromatic N) is 1. The zero-order valence-corrected chi connectivity index (χ0v) is 11.6. The summed E-state index contributed by atoms with van der Waals surface area (Å²) in [7, 11) is 0. The summed E-state index contributed by atoms with van der Waals surface area (Å²) in [6.45, 7) is 5.55. The molecule has 3 N–H and O–H groups in total. The van der Waals surface area contributed by atoms with Gasteiger partial charge in [-0.15, -0.1) is 0 Å². The molecule has 1 fully saturated rings. The van der Waals surface area contributed by atoms with E-state index in [1.165, 1.54) is 5.56 Å². The van der Waals surface area contributed by atoms with Crippen LogP contribution in [-0.2, 0) is 4.79 Å². The van der Waals surface area contributed by atoms with Crippen molar-refractivity contribution in [2.24, 2.45) is 5.73 Å². The van der Waals surface area contributed by atoms with E-state index in [0.717, 1.165) is 18.7 Å². The molecule has 0 aliphatic carbocycles. The van der Waals surface area contributed by atoms with E-state index in [2.05, 4.69) is 30.9 Å². The van der Waals surface area contributed by atoms with Gasteiger partial charge in [-0.1, -0.05) is 32.0 Å². The molecule has 1 heterocycles. The zero-order valence-electron chi connectivity index (χ0n) is 11.6. The molecule has 1 aromatic carbocycles. The van der Waals surface area contributed by atoms with E-state index in [4.69, 9.17) is 5.73 Å². The van der Waals surface area contributed by atoms with E-state index in [9.17, 15) is 9.90 Å². The Hall–Kier alpha value is -1.55. The highest BCUT2D eigenvalue weighted by Crippen LogP contribution is 2.31. The van der Waals surface area contributed by atoms with E-state index in [1.807, 2.05) is 12.1 Å². The van der Waals surface area contributed by atoms with Crippen molar-refractivity contribution in [2.45, 2.75) is 38.1 Å². The lowest BCUT2D eigenvalue weighted by atomic mass is 9.89. The molecule has 0 radical (unpaired) electrons. The Balaban J connectivity index is 2.30.